The van der Waals surface area contributed by atoms with Crippen molar-refractivity contribution < 1.29 is 13.6 Å². The second-order valence-electron chi connectivity index (χ2n) is 6.22. The standard InChI is InChI=1S/C11H9BrO.C7H6Br2.C4H4O.C4H10O/c12-10-4-1-3-9(7-10)8-11-5-2-6-13-11;8-5-6-2-1-3-7(9)4-6;1-2-4-5-3-1;1-3-5-4-2/h1-7H,8H2;1-4H,5H2;1-4H;3-4H2,1-2H3. The SMILES string of the molecule is BrCc1cccc(Br)c1.Brc1cccc(Cc2ccco2)c1.CCOCC.c1ccoc1. The molecule has 0 bridgehead atoms. The molecule has 0 atom stereocenters. The Morgan fingerprint density at radius 3 is 1.69 bits per heavy atom. The molecule has 2 heterocycles. The van der Waals surface area contributed by atoms with Crippen LogP contribution in [0.3, 0.4) is 0 Å². The predicted octanol–water partition coefficient (Wildman–Crippen LogP) is 9.30. The van der Waals surface area contributed by atoms with Gasteiger partial charge in [0.05, 0.1) is 18.8 Å². The number of furan rings is 2. The van der Waals surface area contributed by atoms with Crippen molar-refractivity contribution in [2.24, 2.45) is 0 Å². The van der Waals surface area contributed by atoms with E-state index in [9.17, 15) is 0 Å². The van der Waals surface area contributed by atoms with Gasteiger partial charge in [-0.3, -0.25) is 0 Å². The molecule has 0 fully saturated rings. The van der Waals surface area contributed by atoms with E-state index >= 15 is 0 Å². The van der Waals surface area contributed by atoms with Gasteiger partial charge in [0.1, 0.15) is 5.76 Å². The van der Waals surface area contributed by atoms with E-state index < -0.39 is 0 Å². The van der Waals surface area contributed by atoms with E-state index in [-0.39, 0.29) is 0 Å². The minimum absolute atomic E-state index is 0.844. The first-order valence-corrected chi connectivity index (χ1v) is 12.9. The second-order valence-corrected chi connectivity index (χ2v) is 8.62. The topological polar surface area (TPSA) is 35.5 Å². The molecule has 172 valence electrons. The van der Waals surface area contributed by atoms with Gasteiger partial charge < -0.3 is 13.6 Å². The lowest BCUT2D eigenvalue weighted by atomic mass is 10.1. The van der Waals surface area contributed by atoms with Gasteiger partial charge in [-0.05, 0) is 73.5 Å². The van der Waals surface area contributed by atoms with E-state index in [2.05, 4.69) is 76.5 Å². The summed E-state index contributed by atoms with van der Waals surface area (Å²) in [6.07, 6.45) is 5.81. The minimum Gasteiger partial charge on any atom is -0.473 e. The first-order chi connectivity index (χ1) is 15.6. The number of halogens is 3. The molecule has 0 amide bonds. The maximum atomic E-state index is 5.26. The molecule has 0 unspecified atom stereocenters. The summed E-state index contributed by atoms with van der Waals surface area (Å²) in [6, 6.07) is 24.0. The third-order valence-electron chi connectivity index (χ3n) is 3.72. The summed E-state index contributed by atoms with van der Waals surface area (Å²) in [5.41, 5.74) is 2.55. The highest BCUT2D eigenvalue weighted by molar-refractivity contribution is 9.10. The third-order valence-corrected chi connectivity index (χ3v) is 5.36. The van der Waals surface area contributed by atoms with E-state index in [1.54, 1.807) is 18.8 Å². The molecule has 0 aliphatic carbocycles. The van der Waals surface area contributed by atoms with Crippen molar-refractivity contribution in [3.8, 4) is 0 Å². The fourth-order valence-electron chi connectivity index (χ4n) is 2.31. The molecule has 6 heteroatoms. The van der Waals surface area contributed by atoms with E-state index in [1.807, 2.05) is 62.4 Å². The van der Waals surface area contributed by atoms with Gasteiger partial charge >= 0.3 is 0 Å². The molecule has 0 saturated heterocycles. The molecule has 0 aliphatic heterocycles. The van der Waals surface area contributed by atoms with Crippen LogP contribution in [0.4, 0.5) is 0 Å². The van der Waals surface area contributed by atoms with Crippen LogP contribution in [-0.2, 0) is 16.5 Å². The van der Waals surface area contributed by atoms with Crippen molar-refractivity contribution in [1.82, 2.24) is 0 Å². The highest BCUT2D eigenvalue weighted by Gasteiger charge is 1.98. The number of hydrogen-bond acceptors (Lipinski definition) is 3. The lowest BCUT2D eigenvalue weighted by molar-refractivity contribution is 0.162. The highest BCUT2D eigenvalue weighted by atomic mass is 79.9. The van der Waals surface area contributed by atoms with Gasteiger partial charge in [0, 0.05) is 33.9 Å². The molecule has 0 spiro atoms. The van der Waals surface area contributed by atoms with Gasteiger partial charge in [0.15, 0.2) is 0 Å². The summed E-state index contributed by atoms with van der Waals surface area (Å²) in [6.45, 7) is 5.67. The molecule has 0 saturated carbocycles. The first-order valence-electron chi connectivity index (χ1n) is 10.2. The van der Waals surface area contributed by atoms with Crippen LogP contribution in [0.15, 0.2) is 109 Å². The first kappa shape index (κ1) is 28.4. The van der Waals surface area contributed by atoms with Crippen LogP contribution in [0.2, 0.25) is 0 Å². The Morgan fingerprint density at radius 2 is 1.31 bits per heavy atom. The van der Waals surface area contributed by atoms with Crippen LogP contribution in [-0.4, -0.2) is 13.2 Å². The normalized spacial score (nSPS) is 9.41. The monoisotopic (exact) mass is 626 g/mol. The average Bonchev–Trinajstić information content (AvgIpc) is 3.53. The maximum Gasteiger partial charge on any atom is 0.108 e. The molecule has 0 N–H and O–H groups in total. The quantitative estimate of drug-likeness (QED) is 0.207. The minimum atomic E-state index is 0.844. The number of benzene rings is 2. The number of ether oxygens (including phenoxy) is 1. The molecule has 0 radical (unpaired) electrons. The zero-order valence-electron chi connectivity index (χ0n) is 18.3. The third kappa shape index (κ3) is 14.5. The van der Waals surface area contributed by atoms with Gasteiger partial charge in [-0.2, -0.15) is 0 Å². The number of rotatable bonds is 5. The zero-order chi connectivity index (χ0) is 23.4. The van der Waals surface area contributed by atoms with Crippen molar-refractivity contribution >= 4 is 47.8 Å². The molecule has 4 aromatic rings. The van der Waals surface area contributed by atoms with Crippen LogP contribution >= 0.6 is 47.8 Å². The molecule has 2 aromatic carbocycles. The summed E-state index contributed by atoms with van der Waals surface area (Å²) in [7, 11) is 0. The van der Waals surface area contributed by atoms with Crippen molar-refractivity contribution in [3.63, 3.8) is 0 Å². The summed E-state index contributed by atoms with van der Waals surface area (Å²) < 4.78 is 16.9. The highest BCUT2D eigenvalue weighted by Crippen LogP contribution is 2.15. The lowest BCUT2D eigenvalue weighted by Gasteiger charge is -1.98. The fourth-order valence-corrected chi connectivity index (χ4v) is 3.55. The summed E-state index contributed by atoms with van der Waals surface area (Å²) in [5.74, 6) is 0.998. The molecular weight excluding hydrogens is 600 g/mol. The van der Waals surface area contributed by atoms with Gasteiger partial charge in [0.25, 0.3) is 0 Å². The second kappa shape index (κ2) is 18.9. The Balaban J connectivity index is 0.000000234. The van der Waals surface area contributed by atoms with Crippen molar-refractivity contribution in [1.29, 1.82) is 0 Å². The fraction of sp³-hybridized carbons (Fsp3) is 0.231. The van der Waals surface area contributed by atoms with E-state index in [0.717, 1.165) is 39.7 Å². The van der Waals surface area contributed by atoms with Crippen molar-refractivity contribution in [3.05, 3.63) is 117 Å². The van der Waals surface area contributed by atoms with E-state index in [1.165, 1.54) is 11.1 Å². The predicted molar refractivity (Wildman–Crippen MR) is 143 cm³/mol. The van der Waals surface area contributed by atoms with Crippen LogP contribution in [0.1, 0.15) is 30.7 Å². The number of alkyl halides is 1. The van der Waals surface area contributed by atoms with Crippen LogP contribution in [0.25, 0.3) is 0 Å². The summed E-state index contributed by atoms with van der Waals surface area (Å²) in [5, 5.41) is 0.923. The Hall–Kier alpha value is -1.60. The largest absolute Gasteiger partial charge is 0.473 e. The zero-order valence-corrected chi connectivity index (χ0v) is 23.1. The molecular formula is C26H29Br3O3. The summed E-state index contributed by atoms with van der Waals surface area (Å²) in [4.78, 5) is 0. The Morgan fingerprint density at radius 1 is 0.719 bits per heavy atom. The lowest BCUT2D eigenvalue weighted by Crippen LogP contribution is -1.84. The molecule has 2 aromatic heterocycles. The van der Waals surface area contributed by atoms with E-state index in [0.29, 0.717) is 0 Å². The van der Waals surface area contributed by atoms with Crippen LogP contribution in [0.5, 0.6) is 0 Å². The Kier molecular flexibility index (Phi) is 16.8. The molecule has 4 rings (SSSR count). The van der Waals surface area contributed by atoms with Crippen molar-refractivity contribution in [2.75, 3.05) is 13.2 Å². The average molecular weight is 629 g/mol. The van der Waals surface area contributed by atoms with Gasteiger partial charge in [0.2, 0.25) is 0 Å². The van der Waals surface area contributed by atoms with Gasteiger partial charge in [-0.15, -0.1) is 0 Å². The molecule has 0 aliphatic rings. The van der Waals surface area contributed by atoms with Gasteiger partial charge in [-0.1, -0.05) is 72.1 Å². The Labute approximate surface area is 216 Å². The maximum absolute atomic E-state index is 5.26. The smallest absolute Gasteiger partial charge is 0.108 e. The molecule has 32 heavy (non-hydrogen) atoms. The van der Waals surface area contributed by atoms with Gasteiger partial charge in [-0.25, -0.2) is 0 Å². The van der Waals surface area contributed by atoms with Crippen LogP contribution < -0.4 is 0 Å². The van der Waals surface area contributed by atoms with Crippen molar-refractivity contribution in [2.45, 2.75) is 25.6 Å². The molecule has 3 nitrogen and oxygen atoms in total. The Bertz CT molecular complexity index is 904. The van der Waals surface area contributed by atoms with Crippen LogP contribution in [0, 0.1) is 0 Å². The number of hydrogen-bond donors (Lipinski definition) is 0. The van der Waals surface area contributed by atoms with E-state index in [4.69, 9.17) is 9.15 Å². The summed E-state index contributed by atoms with van der Waals surface area (Å²) >= 11 is 10.2.